The van der Waals surface area contributed by atoms with Crippen molar-refractivity contribution < 1.29 is 9.21 Å². The van der Waals surface area contributed by atoms with Crippen molar-refractivity contribution in [1.82, 2.24) is 0 Å². The third-order valence-corrected chi connectivity index (χ3v) is 5.16. The SMILES string of the molecule is CCc1ccc(C(=O)C2CCC3CCCCC3C2)o1. The summed E-state index contributed by atoms with van der Waals surface area (Å²) in [6.07, 6.45) is 9.79. The third kappa shape index (κ3) is 2.63. The lowest BCUT2D eigenvalue weighted by atomic mass is 9.66. The van der Waals surface area contributed by atoms with Crippen molar-refractivity contribution in [2.24, 2.45) is 17.8 Å². The predicted molar refractivity (Wildman–Crippen MR) is 75.2 cm³/mol. The summed E-state index contributed by atoms with van der Waals surface area (Å²) in [7, 11) is 0. The molecule has 1 aromatic heterocycles. The molecule has 2 fully saturated rings. The van der Waals surface area contributed by atoms with Gasteiger partial charge in [-0.3, -0.25) is 4.79 Å². The summed E-state index contributed by atoms with van der Waals surface area (Å²) in [5.74, 6) is 3.70. The number of furan rings is 1. The van der Waals surface area contributed by atoms with Crippen molar-refractivity contribution in [3.05, 3.63) is 23.7 Å². The number of fused-ring (bicyclic) bond motifs is 1. The van der Waals surface area contributed by atoms with Crippen LogP contribution >= 0.6 is 0 Å². The first-order valence-corrected chi connectivity index (χ1v) is 7.91. The fraction of sp³-hybridized carbons (Fsp3) is 0.706. The quantitative estimate of drug-likeness (QED) is 0.742. The van der Waals surface area contributed by atoms with Gasteiger partial charge < -0.3 is 4.42 Å². The summed E-state index contributed by atoms with van der Waals surface area (Å²) in [6, 6.07) is 3.81. The molecule has 1 aromatic rings. The van der Waals surface area contributed by atoms with Crippen LogP contribution in [0.25, 0.3) is 0 Å². The van der Waals surface area contributed by atoms with Gasteiger partial charge in [0.1, 0.15) is 5.76 Å². The number of rotatable bonds is 3. The van der Waals surface area contributed by atoms with Crippen LogP contribution in [-0.4, -0.2) is 5.78 Å². The molecule has 2 aliphatic rings. The van der Waals surface area contributed by atoms with Gasteiger partial charge in [0.2, 0.25) is 5.78 Å². The number of hydrogen-bond acceptors (Lipinski definition) is 2. The van der Waals surface area contributed by atoms with Crippen LogP contribution in [0.1, 0.15) is 68.2 Å². The van der Waals surface area contributed by atoms with E-state index in [1.807, 2.05) is 12.1 Å². The molecule has 0 radical (unpaired) electrons. The van der Waals surface area contributed by atoms with Crippen molar-refractivity contribution in [3.8, 4) is 0 Å². The molecule has 19 heavy (non-hydrogen) atoms. The maximum Gasteiger partial charge on any atom is 0.201 e. The minimum Gasteiger partial charge on any atom is -0.458 e. The van der Waals surface area contributed by atoms with Gasteiger partial charge in [-0.05, 0) is 43.2 Å². The van der Waals surface area contributed by atoms with E-state index in [-0.39, 0.29) is 11.7 Å². The molecule has 0 bridgehead atoms. The van der Waals surface area contributed by atoms with Crippen molar-refractivity contribution in [1.29, 1.82) is 0 Å². The van der Waals surface area contributed by atoms with Gasteiger partial charge in [0, 0.05) is 12.3 Å². The van der Waals surface area contributed by atoms with Crippen LogP contribution in [0.4, 0.5) is 0 Å². The molecule has 0 aliphatic heterocycles. The van der Waals surface area contributed by atoms with E-state index in [9.17, 15) is 4.79 Å². The average Bonchev–Trinajstić information content (AvgIpc) is 2.95. The lowest BCUT2D eigenvalue weighted by Gasteiger charge is -2.38. The zero-order chi connectivity index (χ0) is 13.2. The first-order valence-electron chi connectivity index (χ1n) is 7.91. The number of carbonyl (C=O) groups is 1. The summed E-state index contributed by atoms with van der Waals surface area (Å²) in [6.45, 7) is 2.06. The van der Waals surface area contributed by atoms with Crippen LogP contribution in [0.5, 0.6) is 0 Å². The second kappa shape index (κ2) is 5.52. The van der Waals surface area contributed by atoms with Crippen LogP contribution in [0.2, 0.25) is 0 Å². The number of hydrogen-bond donors (Lipinski definition) is 0. The maximum atomic E-state index is 12.5. The Morgan fingerprint density at radius 1 is 1.16 bits per heavy atom. The Balaban J connectivity index is 1.67. The van der Waals surface area contributed by atoms with E-state index >= 15 is 0 Å². The van der Waals surface area contributed by atoms with Crippen LogP contribution in [0, 0.1) is 17.8 Å². The highest BCUT2D eigenvalue weighted by Crippen LogP contribution is 2.43. The number of carbonyl (C=O) groups excluding carboxylic acids is 1. The molecule has 3 rings (SSSR count). The molecule has 0 aromatic carbocycles. The number of Topliss-reactive ketones (excluding diaryl/α,β-unsaturated/α-hetero) is 1. The predicted octanol–water partition coefficient (Wildman–Crippen LogP) is 4.63. The fourth-order valence-electron chi connectivity index (χ4n) is 4.01. The Morgan fingerprint density at radius 2 is 1.95 bits per heavy atom. The van der Waals surface area contributed by atoms with Gasteiger partial charge in [-0.25, -0.2) is 0 Å². The highest BCUT2D eigenvalue weighted by atomic mass is 16.3. The first kappa shape index (κ1) is 13.0. The summed E-state index contributed by atoms with van der Waals surface area (Å²) < 4.78 is 5.63. The summed E-state index contributed by atoms with van der Waals surface area (Å²) in [4.78, 5) is 12.5. The number of aryl methyl sites for hydroxylation is 1. The van der Waals surface area contributed by atoms with Gasteiger partial charge >= 0.3 is 0 Å². The Labute approximate surface area is 115 Å². The second-order valence-electron chi connectivity index (χ2n) is 6.30. The molecule has 3 unspecified atom stereocenters. The Hall–Kier alpha value is -1.05. The molecule has 3 atom stereocenters. The van der Waals surface area contributed by atoms with Gasteiger partial charge in [-0.1, -0.05) is 32.6 Å². The molecule has 0 saturated heterocycles. The molecule has 0 amide bonds. The lowest BCUT2D eigenvalue weighted by molar-refractivity contribution is 0.0735. The molecular weight excluding hydrogens is 236 g/mol. The van der Waals surface area contributed by atoms with E-state index in [2.05, 4.69) is 6.92 Å². The van der Waals surface area contributed by atoms with E-state index in [1.165, 1.54) is 32.1 Å². The summed E-state index contributed by atoms with van der Waals surface area (Å²) in [5.41, 5.74) is 0. The standard InChI is InChI=1S/C17H24O2/c1-2-15-9-10-16(19-15)17(18)14-8-7-12-5-3-4-6-13(12)11-14/h9-10,12-14H,2-8,11H2,1H3. The topological polar surface area (TPSA) is 30.2 Å². The second-order valence-corrected chi connectivity index (χ2v) is 6.30. The van der Waals surface area contributed by atoms with Crippen molar-refractivity contribution >= 4 is 5.78 Å². The van der Waals surface area contributed by atoms with Crippen molar-refractivity contribution in [2.75, 3.05) is 0 Å². The van der Waals surface area contributed by atoms with Gasteiger partial charge in [0.15, 0.2) is 5.76 Å². The Kier molecular flexibility index (Phi) is 3.76. The van der Waals surface area contributed by atoms with E-state index in [4.69, 9.17) is 4.42 Å². The van der Waals surface area contributed by atoms with Gasteiger partial charge in [0.25, 0.3) is 0 Å². The van der Waals surface area contributed by atoms with E-state index < -0.39 is 0 Å². The van der Waals surface area contributed by atoms with E-state index in [0.717, 1.165) is 36.9 Å². The third-order valence-electron chi connectivity index (χ3n) is 5.16. The molecule has 2 saturated carbocycles. The minimum absolute atomic E-state index is 0.218. The highest BCUT2D eigenvalue weighted by Gasteiger charge is 2.35. The normalized spacial score (nSPS) is 30.9. The number of ketones is 1. The van der Waals surface area contributed by atoms with Gasteiger partial charge in [-0.2, -0.15) is 0 Å². The fourth-order valence-corrected chi connectivity index (χ4v) is 4.01. The highest BCUT2D eigenvalue weighted by molar-refractivity contribution is 5.95. The smallest absolute Gasteiger partial charge is 0.201 e. The molecular formula is C17H24O2. The zero-order valence-electron chi connectivity index (χ0n) is 11.9. The molecule has 2 heteroatoms. The zero-order valence-corrected chi connectivity index (χ0v) is 11.9. The van der Waals surface area contributed by atoms with Crippen molar-refractivity contribution in [3.63, 3.8) is 0 Å². The summed E-state index contributed by atoms with van der Waals surface area (Å²) >= 11 is 0. The minimum atomic E-state index is 0.218. The molecule has 0 N–H and O–H groups in total. The Bertz CT molecular complexity index is 446. The monoisotopic (exact) mass is 260 g/mol. The molecule has 104 valence electrons. The van der Waals surface area contributed by atoms with Crippen LogP contribution < -0.4 is 0 Å². The van der Waals surface area contributed by atoms with Gasteiger partial charge in [-0.15, -0.1) is 0 Å². The molecule has 2 nitrogen and oxygen atoms in total. The van der Waals surface area contributed by atoms with Crippen molar-refractivity contribution in [2.45, 2.75) is 58.3 Å². The lowest BCUT2D eigenvalue weighted by Crippen LogP contribution is -2.31. The summed E-state index contributed by atoms with van der Waals surface area (Å²) in [5, 5.41) is 0. The first-order chi connectivity index (χ1) is 9.28. The largest absolute Gasteiger partial charge is 0.458 e. The van der Waals surface area contributed by atoms with E-state index in [1.54, 1.807) is 0 Å². The molecule has 2 aliphatic carbocycles. The maximum absolute atomic E-state index is 12.5. The Morgan fingerprint density at radius 3 is 2.68 bits per heavy atom. The molecule has 1 heterocycles. The van der Waals surface area contributed by atoms with E-state index in [0.29, 0.717) is 5.76 Å². The average molecular weight is 260 g/mol. The molecule has 0 spiro atoms. The van der Waals surface area contributed by atoms with Crippen LogP contribution in [-0.2, 0) is 6.42 Å². The van der Waals surface area contributed by atoms with Crippen LogP contribution in [0.3, 0.4) is 0 Å². The van der Waals surface area contributed by atoms with Crippen LogP contribution in [0.15, 0.2) is 16.5 Å². The van der Waals surface area contributed by atoms with Gasteiger partial charge in [0.05, 0.1) is 0 Å².